The van der Waals surface area contributed by atoms with Gasteiger partial charge in [-0.2, -0.15) is 0 Å². The zero-order valence-electron chi connectivity index (χ0n) is 37.4. The molecule has 0 aliphatic carbocycles. The molecule has 6 rings (SSSR count). The largest absolute Gasteiger partial charge is 0.479 e. The first-order valence-corrected chi connectivity index (χ1v) is 37.0. The third-order valence-electron chi connectivity index (χ3n) is 9.81. The van der Waals surface area contributed by atoms with E-state index >= 15 is 0 Å². The van der Waals surface area contributed by atoms with E-state index in [1.54, 1.807) is 13.0 Å². The Balaban J connectivity index is 1.92. The van der Waals surface area contributed by atoms with Crippen molar-refractivity contribution in [1.82, 2.24) is 0 Å². The Kier molecular flexibility index (Phi) is 15.2. The summed E-state index contributed by atoms with van der Waals surface area (Å²) in [6.07, 6.45) is 2.71. The fourth-order valence-corrected chi connectivity index (χ4v) is 60.2. The molecule has 0 saturated carbocycles. The molecule has 6 aliphatic rings. The summed E-state index contributed by atoms with van der Waals surface area (Å²) in [7, 11) is -31.8. The average Bonchev–Trinajstić information content (AvgIpc) is 2.92. The molecule has 0 aromatic rings. The third kappa shape index (κ3) is 11.7. The number of aliphatic carboxylic acids is 1. The van der Waals surface area contributed by atoms with Gasteiger partial charge in [-0.1, -0.05) is 103 Å². The lowest BCUT2D eigenvalue weighted by Gasteiger charge is -2.64. The van der Waals surface area contributed by atoms with Crippen molar-refractivity contribution in [3.8, 4) is 0 Å². The van der Waals surface area contributed by atoms with Gasteiger partial charge < -0.3 is 54.5 Å². The van der Waals surface area contributed by atoms with E-state index < -0.39 is 76.4 Å². The fourth-order valence-electron chi connectivity index (χ4n) is 8.60. The first-order valence-electron chi connectivity index (χ1n) is 21.5. The molecule has 0 atom stereocenters. The van der Waals surface area contributed by atoms with Crippen LogP contribution in [0.25, 0.3) is 0 Å². The normalized spacial score (nSPS) is 39.5. The molecule has 6 aliphatic heterocycles. The van der Waals surface area contributed by atoms with Crippen molar-refractivity contribution < 1.29 is 59.3 Å². The van der Waals surface area contributed by atoms with Gasteiger partial charge in [0.15, 0.2) is 0 Å². The van der Waals surface area contributed by atoms with E-state index in [0.29, 0.717) is 61.2 Å². The molecule has 14 nitrogen and oxygen atoms in total. The van der Waals surface area contributed by atoms with Crippen molar-refractivity contribution in [1.29, 1.82) is 0 Å². The second kappa shape index (κ2) is 17.9. The maximum absolute atomic E-state index is 11.8. The fraction of sp³-hybridized carbons (Fsp3) is 0.914. The highest BCUT2D eigenvalue weighted by molar-refractivity contribution is 7.03. The number of unbranched alkanes of at least 4 members (excludes halogenated alkanes) is 1. The van der Waals surface area contributed by atoms with Crippen molar-refractivity contribution in [2.24, 2.45) is 41.4 Å². The number of hydrogen-bond acceptors (Lipinski definition) is 13. The SMILES string of the molecule is C/C(=C\CCC[Si]12O[Si]3(CC(C)C)O[Si]4(CC(C)C)O[Si](CC(C)C)(O1)O[Si]1(CC(C)C)O[Si](CC(C)C)(O2)O[Si](CC(C)C)(O3)O[Si](CC(C)C)(O4)O1)C(=O)O. The average molecular weight is 944 g/mol. The van der Waals surface area contributed by atoms with E-state index in [1.165, 1.54) is 0 Å². The van der Waals surface area contributed by atoms with Crippen LogP contribution in [0, 0.1) is 41.4 Å². The second-order valence-corrected chi connectivity index (χ2v) is 44.0. The lowest BCUT2D eigenvalue weighted by atomic mass is 10.2. The Labute approximate surface area is 352 Å². The van der Waals surface area contributed by atoms with E-state index in [9.17, 15) is 9.90 Å². The maximum atomic E-state index is 11.8. The Hall–Kier alpha value is 0.465. The number of hydrogen-bond donors (Lipinski definition) is 1. The van der Waals surface area contributed by atoms with Crippen LogP contribution in [0.1, 0.15) is 117 Å². The van der Waals surface area contributed by atoms with Crippen LogP contribution in [0.3, 0.4) is 0 Å². The third-order valence-corrected chi connectivity index (χ3v) is 49.9. The molecular formula is C35H74O14Si8. The Morgan fingerprint density at radius 1 is 0.404 bits per heavy atom. The topological polar surface area (TPSA) is 148 Å². The molecule has 0 radical (unpaired) electrons. The predicted octanol–water partition coefficient (Wildman–Crippen LogP) is 9.17. The smallest absolute Gasteiger partial charge is 0.478 e. The number of allylic oxidation sites excluding steroid dienone is 1. The number of carbonyl (C=O) groups is 1. The van der Waals surface area contributed by atoms with Crippen LogP contribution in [0.4, 0.5) is 0 Å². The first kappa shape index (κ1) is 48.5. The molecule has 1 N–H and O–H groups in total. The molecule has 57 heavy (non-hydrogen) atoms. The second-order valence-electron chi connectivity index (χ2n) is 20.0. The zero-order chi connectivity index (χ0) is 42.5. The van der Waals surface area contributed by atoms with Gasteiger partial charge in [0.2, 0.25) is 0 Å². The van der Waals surface area contributed by atoms with Crippen molar-refractivity contribution in [3.05, 3.63) is 11.6 Å². The summed E-state index contributed by atoms with van der Waals surface area (Å²) in [5, 5.41) is 9.67. The lowest BCUT2D eigenvalue weighted by Crippen LogP contribution is -2.88. The quantitative estimate of drug-likeness (QED) is 0.0746. The minimum atomic E-state index is -4.06. The summed E-state index contributed by atoms with van der Waals surface area (Å²) < 4.78 is 93.0. The number of carboxylic acids is 1. The standard InChI is InChI=1S/C35H74O14Si8/c1-27(2)20-51-38-50(19-17-16-18-34(15)35(36)37)39-52(21-28(3)4)43-54(41-51,23-30(7)8)47-57(26-33(13)14)48-55(42-51,24-31(9)10)44-53(40-50,22-29(5)6)46-56(45-52,49-57)25-32(11)12/h18,27-33H,16-17,19-26H2,1-15H3,(H,36,37)/b34-18+. The highest BCUT2D eigenvalue weighted by Gasteiger charge is 2.83. The van der Waals surface area contributed by atoms with Gasteiger partial charge in [-0.3, -0.25) is 0 Å². The molecular weight excluding hydrogens is 869 g/mol. The van der Waals surface area contributed by atoms with Crippen molar-refractivity contribution in [3.63, 3.8) is 0 Å². The number of carboxylic acid groups (broad SMARTS) is 1. The van der Waals surface area contributed by atoms with E-state index in [4.69, 9.17) is 49.4 Å². The van der Waals surface area contributed by atoms with Gasteiger partial charge in [0, 0.05) is 53.9 Å². The van der Waals surface area contributed by atoms with Crippen LogP contribution in [0.2, 0.25) is 48.4 Å². The summed E-state index contributed by atoms with van der Waals surface area (Å²) in [5.74, 6) is -0.354. The van der Waals surface area contributed by atoms with Crippen LogP contribution in [0.5, 0.6) is 0 Å². The number of rotatable bonds is 19. The Bertz CT molecular complexity index is 1300. The van der Waals surface area contributed by atoms with Gasteiger partial charge >= 0.3 is 76.4 Å². The van der Waals surface area contributed by atoms with Crippen LogP contribution in [0.15, 0.2) is 11.6 Å². The molecule has 330 valence electrons. The predicted molar refractivity (Wildman–Crippen MR) is 232 cm³/mol. The van der Waals surface area contributed by atoms with Crippen LogP contribution in [-0.4, -0.2) is 81.5 Å². The van der Waals surface area contributed by atoms with Crippen LogP contribution < -0.4 is 0 Å². The maximum Gasteiger partial charge on any atom is 0.479 e. The Morgan fingerprint density at radius 3 is 0.772 bits per heavy atom. The van der Waals surface area contributed by atoms with E-state index in [2.05, 4.69) is 96.9 Å². The molecule has 0 aromatic carbocycles. The molecule has 0 aromatic heterocycles. The van der Waals surface area contributed by atoms with Crippen LogP contribution in [-0.2, 0) is 54.2 Å². The zero-order valence-corrected chi connectivity index (χ0v) is 45.4. The monoisotopic (exact) mass is 942 g/mol. The van der Waals surface area contributed by atoms with Gasteiger partial charge in [-0.05, 0) is 61.2 Å². The molecule has 6 saturated heterocycles. The molecule has 6 heterocycles. The van der Waals surface area contributed by atoms with Crippen molar-refractivity contribution in [2.45, 2.75) is 165 Å². The molecule has 6 fully saturated rings. The molecule has 0 spiro atoms. The van der Waals surface area contributed by atoms with Gasteiger partial charge in [-0.25, -0.2) is 4.79 Å². The van der Waals surface area contributed by atoms with Crippen molar-refractivity contribution >= 4 is 76.4 Å². The van der Waals surface area contributed by atoms with Gasteiger partial charge in [0.05, 0.1) is 0 Å². The molecule has 0 unspecified atom stereocenters. The van der Waals surface area contributed by atoms with E-state index in [0.717, 1.165) is 0 Å². The summed E-state index contributed by atoms with van der Waals surface area (Å²) in [4.78, 5) is 11.8. The van der Waals surface area contributed by atoms with Gasteiger partial charge in [-0.15, -0.1) is 0 Å². The summed E-state index contributed by atoms with van der Waals surface area (Å²) >= 11 is 0. The van der Waals surface area contributed by atoms with Gasteiger partial charge in [0.25, 0.3) is 0 Å². The Morgan fingerprint density at radius 2 is 0.596 bits per heavy atom. The van der Waals surface area contributed by atoms with E-state index in [1.807, 2.05) is 0 Å². The summed E-state index contributed by atoms with van der Waals surface area (Å²) in [5.41, 5.74) is 0.275. The molecule has 8 bridgehead atoms. The molecule has 0 amide bonds. The summed E-state index contributed by atoms with van der Waals surface area (Å²) in [6, 6.07) is 3.42. The van der Waals surface area contributed by atoms with E-state index in [-0.39, 0.29) is 47.0 Å². The van der Waals surface area contributed by atoms with Crippen LogP contribution >= 0.6 is 0 Å². The first-order chi connectivity index (χ1) is 26.2. The molecule has 22 heteroatoms. The van der Waals surface area contributed by atoms with Crippen molar-refractivity contribution in [2.75, 3.05) is 0 Å². The highest BCUT2D eigenvalue weighted by Crippen LogP contribution is 2.56. The minimum absolute atomic E-state index is 0.0722. The van der Waals surface area contributed by atoms with Gasteiger partial charge in [0.1, 0.15) is 0 Å². The minimum Gasteiger partial charge on any atom is -0.478 e. The lowest BCUT2D eigenvalue weighted by molar-refractivity contribution is -0.132. The highest BCUT2D eigenvalue weighted by atomic mass is 28.6. The summed E-state index contributed by atoms with van der Waals surface area (Å²) in [6.45, 7) is 31.6.